The van der Waals surface area contributed by atoms with Crippen LogP contribution in [0.5, 0.6) is 0 Å². The number of hydrogen-bond donors (Lipinski definition) is 0. The van der Waals surface area contributed by atoms with Crippen LogP contribution in [-0.2, 0) is 4.79 Å². The minimum Gasteiger partial charge on any atom is -0.411 e. The number of benzene rings is 2. The summed E-state index contributed by atoms with van der Waals surface area (Å²) < 4.78 is 5.61. The number of halogens is 2. The number of nitrogens with zero attached hydrogens (tertiary/aromatic N) is 5. The van der Waals surface area contributed by atoms with Crippen LogP contribution in [0.3, 0.4) is 0 Å². The molecular weight excluding hydrogens is 477 g/mol. The summed E-state index contributed by atoms with van der Waals surface area (Å²) in [5.41, 5.74) is 1.20. The molecule has 0 aliphatic carbocycles. The van der Waals surface area contributed by atoms with E-state index in [-0.39, 0.29) is 17.3 Å². The molecule has 2 heterocycles. The first-order valence-electron chi connectivity index (χ1n) is 9.59. The van der Waals surface area contributed by atoms with Crippen LogP contribution < -0.4 is 4.90 Å². The summed E-state index contributed by atoms with van der Waals surface area (Å²) in [6.45, 7) is 1.89. The van der Waals surface area contributed by atoms with E-state index < -0.39 is 4.92 Å². The predicted octanol–water partition coefficient (Wildman–Crippen LogP) is 4.39. The Morgan fingerprint density at radius 2 is 1.75 bits per heavy atom. The maximum atomic E-state index is 12.6. The highest BCUT2D eigenvalue weighted by Gasteiger charge is 2.26. The first-order chi connectivity index (χ1) is 15.4. The van der Waals surface area contributed by atoms with Crippen LogP contribution in [-0.4, -0.2) is 57.9 Å². The van der Waals surface area contributed by atoms with Crippen LogP contribution in [0, 0.1) is 10.1 Å². The Kier molecular flexibility index (Phi) is 6.83. The Morgan fingerprint density at radius 3 is 2.44 bits per heavy atom. The van der Waals surface area contributed by atoms with Crippen molar-refractivity contribution in [2.75, 3.05) is 36.8 Å². The molecule has 1 fully saturated rings. The maximum Gasteiger partial charge on any atom is 0.294 e. The summed E-state index contributed by atoms with van der Waals surface area (Å²) in [6.07, 6.45) is 0. The lowest BCUT2D eigenvalue weighted by Crippen LogP contribution is -2.49. The number of nitro groups is 1. The molecule has 0 unspecified atom stereocenters. The predicted molar refractivity (Wildman–Crippen MR) is 122 cm³/mol. The van der Waals surface area contributed by atoms with Crippen LogP contribution in [0.4, 0.5) is 11.4 Å². The van der Waals surface area contributed by atoms with Gasteiger partial charge >= 0.3 is 0 Å². The highest BCUT2D eigenvalue weighted by Crippen LogP contribution is 2.32. The van der Waals surface area contributed by atoms with E-state index >= 15 is 0 Å². The Bertz CT molecular complexity index is 1130. The second kappa shape index (κ2) is 9.76. The monoisotopic (exact) mass is 493 g/mol. The van der Waals surface area contributed by atoms with E-state index in [1.165, 1.54) is 17.8 Å². The van der Waals surface area contributed by atoms with Gasteiger partial charge in [-0.3, -0.25) is 14.9 Å². The van der Waals surface area contributed by atoms with Gasteiger partial charge in [-0.15, -0.1) is 10.2 Å². The molecule has 0 N–H and O–H groups in total. The molecule has 4 rings (SSSR count). The fraction of sp³-hybridized carbons (Fsp3) is 0.250. The fourth-order valence-corrected chi connectivity index (χ4v) is 4.26. The molecule has 3 aromatic rings. The van der Waals surface area contributed by atoms with Crippen molar-refractivity contribution < 1.29 is 14.1 Å². The van der Waals surface area contributed by atoms with E-state index in [1.807, 2.05) is 4.90 Å². The molecular formula is C20H17Cl2N5O4S. The van der Waals surface area contributed by atoms with Gasteiger partial charge in [0, 0.05) is 47.9 Å². The minimum atomic E-state index is -0.446. The molecule has 1 aliphatic heterocycles. The number of piperazine rings is 1. The number of carbonyl (C=O) groups excluding carboxylic acids is 1. The van der Waals surface area contributed by atoms with Gasteiger partial charge < -0.3 is 14.2 Å². The smallest absolute Gasteiger partial charge is 0.294 e. The van der Waals surface area contributed by atoms with E-state index in [4.69, 9.17) is 27.6 Å². The highest BCUT2D eigenvalue weighted by molar-refractivity contribution is 7.99. The first kappa shape index (κ1) is 22.4. The Hall–Kier alpha value is -2.82. The summed E-state index contributed by atoms with van der Waals surface area (Å²) in [6, 6.07) is 11.6. The number of aromatic nitrogens is 2. The van der Waals surface area contributed by atoms with E-state index in [2.05, 4.69) is 10.2 Å². The average molecular weight is 494 g/mol. The lowest BCUT2D eigenvalue weighted by atomic mass is 10.2. The normalized spacial score (nSPS) is 13.9. The average Bonchev–Trinajstić information content (AvgIpc) is 3.27. The summed E-state index contributed by atoms with van der Waals surface area (Å²) in [5, 5.41) is 20.5. The topological polar surface area (TPSA) is 106 Å². The van der Waals surface area contributed by atoms with Crippen LogP contribution in [0.2, 0.25) is 10.0 Å². The number of amides is 1. The number of hydrogen-bond acceptors (Lipinski definition) is 8. The molecule has 1 aromatic heterocycles. The molecule has 1 amide bonds. The third kappa shape index (κ3) is 5.14. The number of carbonyl (C=O) groups is 1. The molecule has 166 valence electrons. The number of rotatable bonds is 6. The lowest BCUT2D eigenvalue weighted by molar-refractivity contribution is -0.384. The third-order valence-electron chi connectivity index (χ3n) is 4.92. The Labute approximate surface area is 197 Å². The maximum absolute atomic E-state index is 12.6. The van der Waals surface area contributed by atoms with E-state index in [9.17, 15) is 14.9 Å². The van der Waals surface area contributed by atoms with Gasteiger partial charge in [-0.25, -0.2) is 0 Å². The van der Waals surface area contributed by atoms with Crippen molar-refractivity contribution in [3.8, 4) is 11.5 Å². The van der Waals surface area contributed by atoms with Crippen molar-refractivity contribution in [2.45, 2.75) is 5.22 Å². The third-order valence-corrected chi connectivity index (χ3v) is 6.21. The van der Waals surface area contributed by atoms with Gasteiger partial charge in [0.1, 0.15) is 5.69 Å². The molecule has 0 atom stereocenters. The molecule has 0 bridgehead atoms. The van der Waals surface area contributed by atoms with Gasteiger partial charge in [0.2, 0.25) is 11.8 Å². The lowest BCUT2D eigenvalue weighted by Gasteiger charge is -2.35. The SMILES string of the molecule is O=C(CSc1nnc(-c2ccc(Cl)cc2)o1)N1CCN(c2ccc(Cl)cc2[N+](=O)[O-])CC1. The zero-order valence-electron chi connectivity index (χ0n) is 16.6. The van der Waals surface area contributed by atoms with Crippen LogP contribution in [0.1, 0.15) is 0 Å². The molecule has 0 saturated carbocycles. The zero-order valence-corrected chi connectivity index (χ0v) is 18.9. The Balaban J connectivity index is 1.31. The molecule has 1 aliphatic rings. The number of nitro benzene ring substituents is 1. The van der Waals surface area contributed by atoms with E-state index in [1.54, 1.807) is 41.3 Å². The Morgan fingerprint density at radius 1 is 1.06 bits per heavy atom. The number of thioether (sulfide) groups is 1. The van der Waals surface area contributed by atoms with Crippen LogP contribution in [0.25, 0.3) is 11.5 Å². The summed E-state index contributed by atoms with van der Waals surface area (Å²) in [7, 11) is 0. The molecule has 1 saturated heterocycles. The number of anilines is 1. The van der Waals surface area contributed by atoms with Gasteiger partial charge in [-0.1, -0.05) is 35.0 Å². The molecule has 0 spiro atoms. The summed E-state index contributed by atoms with van der Waals surface area (Å²) in [5.74, 6) is 0.449. The van der Waals surface area contributed by atoms with Crippen molar-refractivity contribution >= 4 is 52.2 Å². The van der Waals surface area contributed by atoms with Crippen molar-refractivity contribution in [3.63, 3.8) is 0 Å². The minimum absolute atomic E-state index is 0.0410. The summed E-state index contributed by atoms with van der Waals surface area (Å²) >= 11 is 12.9. The second-order valence-electron chi connectivity index (χ2n) is 6.93. The quantitative estimate of drug-likeness (QED) is 0.282. The van der Waals surface area contributed by atoms with Crippen molar-refractivity contribution in [1.82, 2.24) is 15.1 Å². The largest absolute Gasteiger partial charge is 0.411 e. The van der Waals surface area contributed by atoms with Gasteiger partial charge in [0.25, 0.3) is 10.9 Å². The highest BCUT2D eigenvalue weighted by atomic mass is 35.5. The molecule has 0 radical (unpaired) electrons. The van der Waals surface area contributed by atoms with Crippen LogP contribution in [0.15, 0.2) is 52.1 Å². The second-order valence-corrected chi connectivity index (χ2v) is 8.73. The van der Waals surface area contributed by atoms with Gasteiger partial charge in [-0.05, 0) is 36.4 Å². The van der Waals surface area contributed by atoms with Gasteiger partial charge in [0.15, 0.2) is 0 Å². The van der Waals surface area contributed by atoms with E-state index in [0.717, 1.165) is 5.56 Å². The summed E-state index contributed by atoms with van der Waals surface area (Å²) in [4.78, 5) is 27.1. The van der Waals surface area contributed by atoms with Crippen molar-refractivity contribution in [1.29, 1.82) is 0 Å². The fourth-order valence-electron chi connectivity index (χ4n) is 3.30. The van der Waals surface area contributed by atoms with Crippen LogP contribution >= 0.6 is 35.0 Å². The van der Waals surface area contributed by atoms with E-state index in [0.29, 0.717) is 53.0 Å². The van der Waals surface area contributed by atoms with Gasteiger partial charge in [0.05, 0.1) is 10.7 Å². The zero-order chi connectivity index (χ0) is 22.7. The molecule has 12 heteroatoms. The van der Waals surface area contributed by atoms with Crippen molar-refractivity contribution in [2.24, 2.45) is 0 Å². The molecule has 9 nitrogen and oxygen atoms in total. The van der Waals surface area contributed by atoms with Gasteiger partial charge in [-0.2, -0.15) is 0 Å². The van der Waals surface area contributed by atoms with Crippen molar-refractivity contribution in [3.05, 3.63) is 62.6 Å². The molecule has 2 aromatic carbocycles. The standard InChI is InChI=1S/C20H17Cl2N5O4S/c21-14-3-1-13(2-4-14)19-23-24-20(31-19)32-12-18(28)26-9-7-25(8-10-26)16-6-5-15(22)11-17(16)27(29)30/h1-6,11H,7-10,12H2. The first-order valence-corrected chi connectivity index (χ1v) is 11.3. The molecule has 32 heavy (non-hydrogen) atoms.